The van der Waals surface area contributed by atoms with Crippen LogP contribution in [-0.2, 0) is 6.61 Å². The zero-order valence-electron chi connectivity index (χ0n) is 9.96. The molecule has 1 aromatic carbocycles. The Labute approximate surface area is 98.5 Å². The zero-order chi connectivity index (χ0) is 12.0. The van der Waals surface area contributed by atoms with Crippen molar-refractivity contribution in [3.8, 4) is 23.3 Å². The molecule has 1 nitrogen and oxygen atoms in total. The van der Waals surface area contributed by atoms with Crippen molar-refractivity contribution in [2.75, 3.05) is 0 Å². The van der Waals surface area contributed by atoms with Gasteiger partial charge in [0.1, 0.15) is 8.07 Å². The average Bonchev–Trinajstić information content (AvgIpc) is 2.24. The molecule has 0 radical (unpaired) electrons. The van der Waals surface area contributed by atoms with Crippen molar-refractivity contribution in [3.63, 3.8) is 0 Å². The molecule has 0 atom stereocenters. The van der Waals surface area contributed by atoms with Crippen LogP contribution in [-0.4, -0.2) is 13.2 Å². The number of benzene rings is 1. The van der Waals surface area contributed by atoms with Crippen LogP contribution in [0, 0.1) is 23.3 Å². The van der Waals surface area contributed by atoms with Gasteiger partial charge in [0.25, 0.3) is 0 Å². The van der Waals surface area contributed by atoms with Gasteiger partial charge in [-0.2, -0.15) is 0 Å². The van der Waals surface area contributed by atoms with Crippen molar-refractivity contribution in [1.29, 1.82) is 0 Å². The van der Waals surface area contributed by atoms with E-state index in [9.17, 15) is 0 Å². The van der Waals surface area contributed by atoms with Crippen LogP contribution in [0.3, 0.4) is 0 Å². The van der Waals surface area contributed by atoms with Gasteiger partial charge in [-0.1, -0.05) is 37.7 Å². The summed E-state index contributed by atoms with van der Waals surface area (Å²) in [7, 11) is -1.31. The van der Waals surface area contributed by atoms with Crippen LogP contribution in [0.25, 0.3) is 0 Å². The maximum absolute atomic E-state index is 8.88. The fourth-order valence-corrected chi connectivity index (χ4v) is 1.45. The summed E-state index contributed by atoms with van der Waals surface area (Å²) in [6.45, 7) is 6.65. The minimum Gasteiger partial charge on any atom is -0.392 e. The van der Waals surface area contributed by atoms with Crippen LogP contribution in [0.4, 0.5) is 0 Å². The summed E-state index contributed by atoms with van der Waals surface area (Å²) in [6.07, 6.45) is 0. The quantitative estimate of drug-likeness (QED) is 0.578. The molecule has 0 unspecified atom stereocenters. The monoisotopic (exact) mass is 228 g/mol. The Morgan fingerprint density at radius 3 is 2.19 bits per heavy atom. The molecule has 0 bridgehead atoms. The first kappa shape index (κ1) is 12.6. The molecule has 0 saturated carbocycles. The van der Waals surface area contributed by atoms with Crippen molar-refractivity contribution < 1.29 is 5.11 Å². The molecule has 16 heavy (non-hydrogen) atoms. The number of hydrogen-bond donors (Lipinski definition) is 1. The van der Waals surface area contributed by atoms with Crippen LogP contribution >= 0.6 is 0 Å². The van der Waals surface area contributed by atoms with Crippen molar-refractivity contribution >= 4 is 8.07 Å². The summed E-state index contributed by atoms with van der Waals surface area (Å²) in [5.74, 6) is 8.75. The first-order chi connectivity index (χ1) is 7.51. The van der Waals surface area contributed by atoms with E-state index < -0.39 is 8.07 Å². The molecule has 1 N–H and O–H groups in total. The van der Waals surface area contributed by atoms with Crippen LogP contribution < -0.4 is 0 Å². The molecule has 0 aliphatic heterocycles. The summed E-state index contributed by atoms with van der Waals surface area (Å²) in [6, 6.07) is 7.54. The Balaban J connectivity index is 2.73. The topological polar surface area (TPSA) is 20.2 Å². The first-order valence-corrected chi connectivity index (χ1v) is 8.74. The minimum absolute atomic E-state index is 0.0726. The predicted octanol–water partition coefficient (Wildman–Crippen LogP) is 2.41. The first-order valence-electron chi connectivity index (χ1n) is 5.24. The van der Waals surface area contributed by atoms with E-state index in [1.165, 1.54) is 0 Å². The van der Waals surface area contributed by atoms with Gasteiger partial charge in [0, 0.05) is 5.56 Å². The molecule has 0 saturated heterocycles. The van der Waals surface area contributed by atoms with Gasteiger partial charge >= 0.3 is 0 Å². The standard InChI is InChI=1S/C14H16OSi/c1-16(2,3)11-5-4-6-13-7-9-14(12-15)10-8-13/h7-10,15H,12H2,1-3H3. The third-order valence-electron chi connectivity index (χ3n) is 1.84. The molecule has 0 amide bonds. The summed E-state index contributed by atoms with van der Waals surface area (Å²) < 4.78 is 0. The lowest BCUT2D eigenvalue weighted by Crippen LogP contribution is -2.16. The fourth-order valence-electron chi connectivity index (χ4n) is 1.02. The van der Waals surface area contributed by atoms with E-state index in [0.717, 1.165) is 11.1 Å². The molecular weight excluding hydrogens is 212 g/mol. The van der Waals surface area contributed by atoms with Gasteiger partial charge in [-0.15, -0.1) is 5.54 Å². The van der Waals surface area contributed by atoms with E-state index >= 15 is 0 Å². The molecule has 1 rings (SSSR count). The summed E-state index contributed by atoms with van der Waals surface area (Å²) >= 11 is 0. The van der Waals surface area contributed by atoms with E-state index in [-0.39, 0.29) is 6.61 Å². The predicted molar refractivity (Wildman–Crippen MR) is 70.4 cm³/mol. The molecule has 0 aromatic heterocycles. The number of rotatable bonds is 1. The third kappa shape index (κ3) is 4.84. The molecule has 2 heteroatoms. The van der Waals surface area contributed by atoms with Gasteiger partial charge in [-0.3, -0.25) is 0 Å². The Hall–Kier alpha value is -1.48. The Morgan fingerprint density at radius 1 is 1.06 bits per heavy atom. The van der Waals surface area contributed by atoms with Crippen molar-refractivity contribution in [1.82, 2.24) is 0 Å². The molecule has 82 valence electrons. The molecular formula is C14H16OSi. The van der Waals surface area contributed by atoms with E-state index in [1.54, 1.807) is 0 Å². The van der Waals surface area contributed by atoms with Gasteiger partial charge in [0.15, 0.2) is 0 Å². The van der Waals surface area contributed by atoms with Crippen molar-refractivity contribution in [2.24, 2.45) is 0 Å². The lowest BCUT2D eigenvalue weighted by atomic mass is 10.1. The van der Waals surface area contributed by atoms with Crippen LogP contribution in [0.5, 0.6) is 0 Å². The van der Waals surface area contributed by atoms with Crippen molar-refractivity contribution in [3.05, 3.63) is 35.4 Å². The Morgan fingerprint density at radius 2 is 1.69 bits per heavy atom. The summed E-state index contributed by atoms with van der Waals surface area (Å²) in [4.78, 5) is 0. The van der Waals surface area contributed by atoms with Crippen molar-refractivity contribution in [2.45, 2.75) is 26.2 Å². The lowest BCUT2D eigenvalue weighted by molar-refractivity contribution is 0.282. The van der Waals surface area contributed by atoms with E-state index in [2.05, 4.69) is 42.9 Å². The fraction of sp³-hybridized carbons (Fsp3) is 0.286. The van der Waals surface area contributed by atoms with Gasteiger partial charge in [0.2, 0.25) is 0 Å². The minimum atomic E-state index is -1.31. The van der Waals surface area contributed by atoms with Crippen LogP contribution in [0.1, 0.15) is 11.1 Å². The Bertz CT molecular complexity index is 458. The largest absolute Gasteiger partial charge is 0.392 e. The second kappa shape index (κ2) is 5.56. The summed E-state index contributed by atoms with van der Waals surface area (Å²) in [5.41, 5.74) is 5.02. The SMILES string of the molecule is C[Si](C)(C)C#CC#Cc1ccc(CO)cc1. The zero-order valence-corrected chi connectivity index (χ0v) is 11.0. The average molecular weight is 228 g/mol. The maximum atomic E-state index is 8.88. The van der Waals surface area contributed by atoms with E-state index in [1.807, 2.05) is 24.3 Å². The number of aliphatic hydroxyl groups is 1. The van der Waals surface area contributed by atoms with E-state index in [0.29, 0.717) is 0 Å². The summed E-state index contributed by atoms with van der Waals surface area (Å²) in [5, 5.41) is 8.88. The molecule has 0 fully saturated rings. The third-order valence-corrected chi connectivity index (χ3v) is 2.72. The van der Waals surface area contributed by atoms with Gasteiger partial charge in [0.05, 0.1) is 6.61 Å². The Kier molecular flexibility index (Phi) is 4.37. The molecule has 0 aliphatic carbocycles. The van der Waals surface area contributed by atoms with E-state index in [4.69, 9.17) is 5.11 Å². The van der Waals surface area contributed by atoms with Gasteiger partial charge in [-0.05, 0) is 29.5 Å². The molecule has 0 aliphatic rings. The second-order valence-electron chi connectivity index (χ2n) is 4.61. The van der Waals surface area contributed by atoms with Gasteiger partial charge in [-0.25, -0.2) is 0 Å². The smallest absolute Gasteiger partial charge is 0.130 e. The van der Waals surface area contributed by atoms with Gasteiger partial charge < -0.3 is 5.11 Å². The highest BCUT2D eigenvalue weighted by molar-refractivity contribution is 6.83. The lowest BCUT2D eigenvalue weighted by Gasteiger charge is -2.01. The molecule has 0 heterocycles. The number of aliphatic hydroxyl groups excluding tert-OH is 1. The highest BCUT2D eigenvalue weighted by Crippen LogP contribution is 2.02. The normalized spacial score (nSPS) is 9.75. The highest BCUT2D eigenvalue weighted by Gasteiger charge is 2.06. The second-order valence-corrected chi connectivity index (χ2v) is 9.36. The maximum Gasteiger partial charge on any atom is 0.130 e. The highest BCUT2D eigenvalue weighted by atomic mass is 28.3. The molecule has 1 aromatic rings. The molecule has 0 spiro atoms. The van der Waals surface area contributed by atoms with Crippen LogP contribution in [0.15, 0.2) is 24.3 Å². The number of hydrogen-bond acceptors (Lipinski definition) is 1. The van der Waals surface area contributed by atoms with Crippen LogP contribution in [0.2, 0.25) is 19.6 Å².